The van der Waals surface area contributed by atoms with Gasteiger partial charge < -0.3 is 5.21 Å². The van der Waals surface area contributed by atoms with E-state index in [-0.39, 0.29) is 0 Å². The van der Waals surface area contributed by atoms with E-state index in [0.29, 0.717) is 22.7 Å². The zero-order chi connectivity index (χ0) is 17.1. The molecule has 0 aromatic heterocycles. The van der Waals surface area contributed by atoms with Crippen LogP contribution in [0.25, 0.3) is 0 Å². The summed E-state index contributed by atoms with van der Waals surface area (Å²) in [6.07, 6.45) is 9.75. The van der Waals surface area contributed by atoms with Gasteiger partial charge in [-0.1, -0.05) is 19.0 Å². The molecule has 3 heteroatoms. The Kier molecular flexibility index (Phi) is 4.01. The lowest BCUT2D eigenvalue weighted by atomic mass is 9.44. The number of alkyl halides is 1. The van der Waals surface area contributed by atoms with Crippen molar-refractivity contribution in [1.29, 1.82) is 0 Å². The molecular formula is C21H34FNO. The highest BCUT2D eigenvalue weighted by Gasteiger charge is 2.60. The average molecular weight is 336 g/mol. The van der Waals surface area contributed by atoms with Gasteiger partial charge >= 0.3 is 0 Å². The van der Waals surface area contributed by atoms with Crippen molar-refractivity contribution in [3.63, 3.8) is 0 Å². The van der Waals surface area contributed by atoms with E-state index >= 15 is 0 Å². The van der Waals surface area contributed by atoms with Crippen LogP contribution < -0.4 is 0 Å². The zero-order valence-electron chi connectivity index (χ0n) is 15.6. The molecule has 4 aliphatic carbocycles. The van der Waals surface area contributed by atoms with E-state index in [9.17, 15) is 9.60 Å². The third kappa shape index (κ3) is 2.22. The smallest absolute Gasteiger partial charge is 0.100 e. The standard InChI is InChI=1S/C21H34FNO/c1-13(23-24)17-6-7-18-16-5-4-14-12-15(22)8-10-20(14,2)19(16)9-11-21(17,18)3/h14-19,24H,4-12H2,1-3H3/b23-13+/t14-,15+,16?,17+,18?,19?,20-,21+/m0/s1. The van der Waals surface area contributed by atoms with Gasteiger partial charge in [-0.2, -0.15) is 0 Å². The summed E-state index contributed by atoms with van der Waals surface area (Å²) in [5.74, 6) is 3.47. The first-order chi connectivity index (χ1) is 11.4. The number of rotatable bonds is 1. The number of oxime groups is 1. The maximum Gasteiger partial charge on any atom is 0.100 e. The summed E-state index contributed by atoms with van der Waals surface area (Å²) in [7, 11) is 0. The molecule has 0 aromatic rings. The Morgan fingerprint density at radius 3 is 2.42 bits per heavy atom. The molecule has 0 saturated heterocycles. The third-order valence-electron chi connectivity index (χ3n) is 9.26. The summed E-state index contributed by atoms with van der Waals surface area (Å²) in [4.78, 5) is 0. The Bertz CT molecular complexity index is 534. The second-order valence-corrected chi connectivity index (χ2v) is 9.94. The fourth-order valence-electron chi connectivity index (χ4n) is 7.96. The second kappa shape index (κ2) is 5.71. The normalized spacial score (nSPS) is 54.8. The molecule has 0 spiro atoms. The minimum atomic E-state index is -0.548. The van der Waals surface area contributed by atoms with Crippen LogP contribution in [0.5, 0.6) is 0 Å². The Morgan fingerprint density at radius 2 is 1.67 bits per heavy atom. The SMILES string of the molecule is C/C(=N\O)[C@H]1CCC2C3CC[C@H]4C[C@H](F)CC[C@]4(C)C3CC[C@@]21C. The first-order valence-corrected chi connectivity index (χ1v) is 10.2. The highest BCUT2D eigenvalue weighted by molar-refractivity contribution is 5.84. The van der Waals surface area contributed by atoms with Gasteiger partial charge in [0.2, 0.25) is 0 Å². The first kappa shape index (κ1) is 16.8. The molecule has 0 amide bonds. The van der Waals surface area contributed by atoms with E-state index in [1.165, 1.54) is 38.5 Å². The van der Waals surface area contributed by atoms with Crippen LogP contribution in [-0.2, 0) is 0 Å². The Labute approximate surface area is 146 Å². The van der Waals surface area contributed by atoms with Gasteiger partial charge in [0.25, 0.3) is 0 Å². The van der Waals surface area contributed by atoms with Gasteiger partial charge in [-0.15, -0.1) is 0 Å². The van der Waals surface area contributed by atoms with Crippen LogP contribution in [0.1, 0.15) is 78.6 Å². The quantitative estimate of drug-likeness (QED) is 0.365. The lowest BCUT2D eigenvalue weighted by molar-refractivity contribution is -0.116. The van der Waals surface area contributed by atoms with Crippen LogP contribution >= 0.6 is 0 Å². The third-order valence-corrected chi connectivity index (χ3v) is 9.26. The van der Waals surface area contributed by atoms with Crippen LogP contribution in [0.3, 0.4) is 0 Å². The van der Waals surface area contributed by atoms with Crippen LogP contribution in [0.2, 0.25) is 0 Å². The van der Waals surface area contributed by atoms with E-state index < -0.39 is 6.17 Å². The highest BCUT2D eigenvalue weighted by Crippen LogP contribution is 2.67. The predicted molar refractivity (Wildman–Crippen MR) is 95.0 cm³/mol. The van der Waals surface area contributed by atoms with Crippen molar-refractivity contribution in [3.05, 3.63) is 0 Å². The van der Waals surface area contributed by atoms with Gasteiger partial charge in [-0.25, -0.2) is 4.39 Å². The zero-order valence-corrected chi connectivity index (χ0v) is 15.6. The molecule has 4 aliphatic rings. The van der Waals surface area contributed by atoms with Gasteiger partial charge in [-0.3, -0.25) is 0 Å². The van der Waals surface area contributed by atoms with Gasteiger partial charge in [0.15, 0.2) is 0 Å². The van der Waals surface area contributed by atoms with Gasteiger partial charge in [0, 0.05) is 5.92 Å². The van der Waals surface area contributed by atoms with Crippen LogP contribution in [0.15, 0.2) is 5.16 Å². The molecule has 0 radical (unpaired) electrons. The van der Waals surface area contributed by atoms with Gasteiger partial charge in [0.05, 0.1) is 5.71 Å². The fraction of sp³-hybridized carbons (Fsp3) is 0.952. The van der Waals surface area contributed by atoms with Crippen molar-refractivity contribution in [2.24, 2.45) is 45.6 Å². The Morgan fingerprint density at radius 1 is 0.958 bits per heavy atom. The van der Waals surface area contributed by atoms with E-state index in [2.05, 4.69) is 19.0 Å². The van der Waals surface area contributed by atoms with Crippen molar-refractivity contribution < 1.29 is 9.60 Å². The van der Waals surface area contributed by atoms with Crippen molar-refractivity contribution in [1.82, 2.24) is 0 Å². The van der Waals surface area contributed by atoms with Gasteiger partial charge in [0.1, 0.15) is 6.17 Å². The van der Waals surface area contributed by atoms with Gasteiger partial charge in [-0.05, 0) is 99.2 Å². The summed E-state index contributed by atoms with van der Waals surface area (Å²) >= 11 is 0. The maximum absolute atomic E-state index is 14.0. The average Bonchev–Trinajstić information content (AvgIpc) is 2.92. The molecule has 3 unspecified atom stereocenters. The number of halogens is 1. The fourth-order valence-corrected chi connectivity index (χ4v) is 7.96. The molecule has 4 fully saturated rings. The summed E-state index contributed by atoms with van der Waals surface area (Å²) in [6, 6.07) is 0. The predicted octanol–water partition coefficient (Wildman–Crippen LogP) is 5.83. The number of nitrogens with zero attached hydrogens (tertiary/aromatic N) is 1. The molecular weight excluding hydrogens is 301 g/mol. The number of hydrogen-bond donors (Lipinski definition) is 1. The molecule has 0 aromatic carbocycles. The summed E-state index contributed by atoms with van der Waals surface area (Å²) < 4.78 is 14.0. The maximum atomic E-state index is 14.0. The lowest BCUT2D eigenvalue weighted by Gasteiger charge is -2.60. The number of hydrogen-bond acceptors (Lipinski definition) is 2. The molecule has 4 rings (SSSR count). The Balaban J connectivity index is 1.61. The molecule has 4 saturated carbocycles. The summed E-state index contributed by atoms with van der Waals surface area (Å²) in [6.45, 7) is 6.97. The largest absolute Gasteiger partial charge is 0.411 e. The van der Waals surface area contributed by atoms with E-state index in [1.807, 2.05) is 6.92 Å². The van der Waals surface area contributed by atoms with Crippen molar-refractivity contribution in [3.8, 4) is 0 Å². The molecule has 0 bridgehead atoms. The van der Waals surface area contributed by atoms with Crippen LogP contribution in [-0.4, -0.2) is 17.1 Å². The number of fused-ring (bicyclic) bond motifs is 5. The van der Waals surface area contributed by atoms with Crippen LogP contribution in [0.4, 0.5) is 4.39 Å². The first-order valence-electron chi connectivity index (χ1n) is 10.2. The van der Waals surface area contributed by atoms with Crippen LogP contribution in [0, 0.1) is 40.4 Å². The molecule has 0 aliphatic heterocycles. The summed E-state index contributed by atoms with van der Waals surface area (Å²) in [5.41, 5.74) is 1.64. The van der Waals surface area contributed by atoms with Crippen molar-refractivity contribution in [2.45, 2.75) is 84.7 Å². The molecule has 8 atom stereocenters. The lowest BCUT2D eigenvalue weighted by Crippen LogP contribution is -2.54. The van der Waals surface area contributed by atoms with E-state index in [4.69, 9.17) is 0 Å². The monoisotopic (exact) mass is 335 g/mol. The van der Waals surface area contributed by atoms with Crippen molar-refractivity contribution in [2.75, 3.05) is 0 Å². The highest BCUT2D eigenvalue weighted by atomic mass is 19.1. The minimum absolute atomic E-state index is 0.317. The van der Waals surface area contributed by atoms with E-state index in [0.717, 1.165) is 42.7 Å². The molecule has 2 nitrogen and oxygen atoms in total. The molecule has 0 heterocycles. The summed E-state index contributed by atoms with van der Waals surface area (Å²) in [5, 5.41) is 12.9. The topological polar surface area (TPSA) is 32.6 Å². The molecule has 136 valence electrons. The second-order valence-electron chi connectivity index (χ2n) is 9.94. The van der Waals surface area contributed by atoms with Crippen molar-refractivity contribution >= 4 is 5.71 Å². The molecule has 24 heavy (non-hydrogen) atoms. The minimum Gasteiger partial charge on any atom is -0.411 e. The molecule has 1 N–H and O–H groups in total. The van der Waals surface area contributed by atoms with E-state index in [1.54, 1.807) is 0 Å². The Hall–Kier alpha value is -0.600.